The molecule has 2 N–H and O–H groups in total. The molecule has 1 aliphatic carbocycles. The number of nitrogens with zero attached hydrogens (tertiary/aromatic N) is 5. The maximum absolute atomic E-state index is 13.4. The number of hydrogen-bond donors (Lipinski definition) is 2. The molecule has 2 aliphatic heterocycles. The zero-order valence-electron chi connectivity index (χ0n) is 26.8. The third kappa shape index (κ3) is 8.40. The summed E-state index contributed by atoms with van der Waals surface area (Å²) in [5.74, 6) is 3.11. The molecule has 248 valence electrons. The summed E-state index contributed by atoms with van der Waals surface area (Å²) in [6.07, 6.45) is 5.79. The van der Waals surface area contributed by atoms with Gasteiger partial charge in [-0.05, 0) is 74.4 Å². The minimum atomic E-state index is -0.600. The van der Waals surface area contributed by atoms with Gasteiger partial charge >= 0.3 is 0 Å². The Bertz CT molecular complexity index is 1500. The van der Waals surface area contributed by atoms with Crippen molar-refractivity contribution in [3.63, 3.8) is 0 Å². The molecule has 1 saturated carbocycles. The van der Waals surface area contributed by atoms with Crippen LogP contribution in [0.1, 0.15) is 72.0 Å². The first-order valence-corrected chi connectivity index (χ1v) is 16.2. The summed E-state index contributed by atoms with van der Waals surface area (Å²) in [4.78, 5) is 40.4. The minimum absolute atomic E-state index is 0. The molecule has 0 bridgehead atoms. The van der Waals surface area contributed by atoms with Gasteiger partial charge in [0, 0.05) is 70.8 Å². The molecule has 4 heterocycles. The van der Waals surface area contributed by atoms with Crippen molar-refractivity contribution in [1.82, 2.24) is 19.8 Å². The minimum Gasteiger partial charge on any atom is -0.486 e. The van der Waals surface area contributed by atoms with Gasteiger partial charge < -0.3 is 29.4 Å². The molecular formula is C34H46N6O5S. The highest BCUT2D eigenvalue weighted by Crippen LogP contribution is 2.27. The van der Waals surface area contributed by atoms with Gasteiger partial charge in [-0.15, -0.1) is 0 Å². The quantitative estimate of drug-likeness (QED) is 0.277. The molecule has 2 aromatic heterocycles. The highest BCUT2D eigenvalue weighted by molar-refractivity contribution is 7.59. The number of aliphatic hydroxyl groups excluding tert-OH is 1. The topological polar surface area (TPSA) is 124 Å². The maximum Gasteiger partial charge on any atom is 0.219 e. The van der Waals surface area contributed by atoms with E-state index >= 15 is 0 Å². The number of aliphatic hydroxyl groups is 1. The number of nitrogens with one attached hydrogen (secondary N) is 1. The van der Waals surface area contributed by atoms with Gasteiger partial charge in [0.2, 0.25) is 5.91 Å². The molecule has 2 fully saturated rings. The Morgan fingerprint density at radius 1 is 1.11 bits per heavy atom. The van der Waals surface area contributed by atoms with Crippen molar-refractivity contribution in [2.24, 2.45) is 0 Å². The number of amides is 1. The third-order valence-corrected chi connectivity index (χ3v) is 9.30. The first kappa shape index (κ1) is 33.7. The molecule has 1 atom stereocenters. The van der Waals surface area contributed by atoms with Crippen molar-refractivity contribution in [2.75, 3.05) is 49.5 Å². The van der Waals surface area contributed by atoms with Gasteiger partial charge in [0.1, 0.15) is 24.0 Å². The summed E-state index contributed by atoms with van der Waals surface area (Å²) in [6.45, 7) is 8.61. The standard InChI is InChI=1S/C34H44N6O5.H2S/c1-23-32(45-22-35-23)21-44-30-8-6-26-19-38(11-10-25(26)16-30)20-29(42)7-9-31(43)27-17-33(36-28-4-3-5-28)37-34(18-27)40-14-12-39(13-15-40)24(2)41;/h6,8,16-18,22,28-29,42H,3-5,7,9-15,19-21H2,1-2H3,(H,36,37);1H2/t29-;/m0./s1. The Labute approximate surface area is 277 Å². The summed E-state index contributed by atoms with van der Waals surface area (Å²) in [5.41, 5.74) is 3.94. The zero-order valence-corrected chi connectivity index (χ0v) is 27.8. The van der Waals surface area contributed by atoms with E-state index in [2.05, 4.69) is 32.2 Å². The highest BCUT2D eigenvalue weighted by atomic mass is 32.1. The number of anilines is 2. The number of ketones is 1. The first-order valence-electron chi connectivity index (χ1n) is 16.2. The van der Waals surface area contributed by atoms with Crippen LogP contribution in [-0.4, -0.2) is 88.0 Å². The normalized spacial score (nSPS) is 17.5. The summed E-state index contributed by atoms with van der Waals surface area (Å²) in [6, 6.07) is 10.3. The Kier molecular flexibility index (Phi) is 11.2. The predicted octanol–water partition coefficient (Wildman–Crippen LogP) is 4.08. The summed E-state index contributed by atoms with van der Waals surface area (Å²) in [7, 11) is 0. The fourth-order valence-corrected chi connectivity index (χ4v) is 6.20. The van der Waals surface area contributed by atoms with Gasteiger partial charge in [-0.3, -0.25) is 14.5 Å². The fourth-order valence-electron chi connectivity index (χ4n) is 6.20. The van der Waals surface area contributed by atoms with Crippen LogP contribution < -0.4 is 15.0 Å². The molecule has 11 nitrogen and oxygen atoms in total. The van der Waals surface area contributed by atoms with Gasteiger partial charge in [0.15, 0.2) is 17.9 Å². The van der Waals surface area contributed by atoms with E-state index in [9.17, 15) is 14.7 Å². The lowest BCUT2D eigenvalue weighted by atomic mass is 9.93. The van der Waals surface area contributed by atoms with Crippen LogP contribution in [0.4, 0.5) is 11.6 Å². The number of β-amino-alcohol motifs (C(OH)–C–C–N with tert-alkyl or cyclic N) is 1. The number of pyridine rings is 1. The molecular weight excluding hydrogens is 604 g/mol. The SMILES string of the molecule is CC(=O)N1CCN(c2cc(C(=O)CC[C@H](O)CN3CCc4cc(OCc5ocnc5C)ccc4C3)cc(NC3CCC3)n2)CC1.S. The van der Waals surface area contributed by atoms with Crippen LogP contribution in [0.25, 0.3) is 0 Å². The molecule has 3 aliphatic rings. The van der Waals surface area contributed by atoms with Crippen molar-refractivity contribution < 1.29 is 23.8 Å². The van der Waals surface area contributed by atoms with Crippen LogP contribution in [0.15, 0.2) is 41.1 Å². The molecule has 3 aromatic rings. The van der Waals surface area contributed by atoms with Gasteiger partial charge in [-0.25, -0.2) is 9.97 Å². The monoisotopic (exact) mass is 650 g/mol. The first-order chi connectivity index (χ1) is 21.8. The highest BCUT2D eigenvalue weighted by Gasteiger charge is 2.24. The average molecular weight is 651 g/mol. The second kappa shape index (κ2) is 15.3. The van der Waals surface area contributed by atoms with Gasteiger partial charge in [-0.2, -0.15) is 13.5 Å². The molecule has 0 radical (unpaired) electrons. The second-order valence-corrected chi connectivity index (χ2v) is 12.5. The Hall–Kier alpha value is -3.61. The number of ether oxygens (including phenoxy) is 1. The van der Waals surface area contributed by atoms with E-state index in [1.54, 1.807) is 6.92 Å². The number of benzene rings is 1. The predicted molar refractivity (Wildman–Crippen MR) is 181 cm³/mol. The van der Waals surface area contributed by atoms with Crippen LogP contribution in [-0.2, 0) is 24.4 Å². The van der Waals surface area contributed by atoms with Crippen LogP contribution in [0, 0.1) is 6.92 Å². The summed E-state index contributed by atoms with van der Waals surface area (Å²) in [5, 5.41) is 14.4. The number of hydrogen-bond acceptors (Lipinski definition) is 10. The van der Waals surface area contributed by atoms with Gasteiger partial charge in [-0.1, -0.05) is 6.07 Å². The Balaban J connectivity index is 0.00000417. The Morgan fingerprint density at radius 3 is 2.61 bits per heavy atom. The lowest BCUT2D eigenvalue weighted by Gasteiger charge is -2.35. The maximum atomic E-state index is 13.4. The number of Topliss-reactive ketones (excluding diaryl/α,β-unsaturated/α-hetero) is 1. The average Bonchev–Trinajstić information content (AvgIpc) is 3.44. The van der Waals surface area contributed by atoms with E-state index in [0.29, 0.717) is 57.4 Å². The van der Waals surface area contributed by atoms with Crippen molar-refractivity contribution >= 4 is 36.8 Å². The smallest absolute Gasteiger partial charge is 0.219 e. The van der Waals surface area contributed by atoms with Crippen LogP contribution >= 0.6 is 13.5 Å². The number of rotatable bonds is 12. The van der Waals surface area contributed by atoms with Gasteiger partial charge in [0.05, 0.1) is 11.8 Å². The zero-order chi connectivity index (χ0) is 31.3. The van der Waals surface area contributed by atoms with Crippen molar-refractivity contribution in [3.05, 3.63) is 64.9 Å². The Morgan fingerprint density at radius 2 is 1.91 bits per heavy atom. The number of fused-ring (bicyclic) bond motifs is 1. The second-order valence-electron chi connectivity index (χ2n) is 12.5. The molecule has 1 saturated heterocycles. The molecule has 6 rings (SSSR count). The van der Waals surface area contributed by atoms with E-state index in [0.717, 1.165) is 61.2 Å². The number of aryl methyl sites for hydroxylation is 1. The summed E-state index contributed by atoms with van der Waals surface area (Å²) < 4.78 is 11.3. The van der Waals surface area contributed by atoms with E-state index in [1.807, 2.05) is 30.0 Å². The lowest BCUT2D eigenvalue weighted by molar-refractivity contribution is -0.129. The molecule has 12 heteroatoms. The molecule has 1 amide bonds. The van der Waals surface area contributed by atoms with Crippen LogP contribution in [0.2, 0.25) is 0 Å². The van der Waals surface area contributed by atoms with E-state index in [1.165, 1.54) is 23.9 Å². The number of oxazole rings is 1. The number of carbonyl (C=O) groups is 2. The van der Waals surface area contributed by atoms with Gasteiger partial charge in [0.25, 0.3) is 0 Å². The van der Waals surface area contributed by atoms with Crippen LogP contribution in [0.3, 0.4) is 0 Å². The fraction of sp³-hybridized carbons (Fsp3) is 0.529. The summed E-state index contributed by atoms with van der Waals surface area (Å²) >= 11 is 0. The number of aromatic nitrogens is 2. The number of piperazine rings is 1. The molecule has 0 spiro atoms. The number of carbonyl (C=O) groups excluding carboxylic acids is 2. The van der Waals surface area contributed by atoms with E-state index in [4.69, 9.17) is 14.1 Å². The lowest BCUT2D eigenvalue weighted by Crippen LogP contribution is -2.48. The van der Waals surface area contributed by atoms with Crippen molar-refractivity contribution in [1.29, 1.82) is 0 Å². The largest absolute Gasteiger partial charge is 0.486 e. The molecule has 46 heavy (non-hydrogen) atoms. The molecule has 1 aromatic carbocycles. The molecule has 0 unspecified atom stereocenters. The van der Waals surface area contributed by atoms with Crippen LogP contribution in [0.5, 0.6) is 5.75 Å². The van der Waals surface area contributed by atoms with Crippen molar-refractivity contribution in [2.45, 2.75) is 77.7 Å². The van der Waals surface area contributed by atoms with E-state index in [-0.39, 0.29) is 31.6 Å². The van der Waals surface area contributed by atoms with E-state index < -0.39 is 6.10 Å². The third-order valence-electron chi connectivity index (χ3n) is 9.30. The van der Waals surface area contributed by atoms with Crippen molar-refractivity contribution in [3.8, 4) is 5.75 Å².